The monoisotopic (exact) mass is 359 g/mol. The van der Waals surface area contributed by atoms with Gasteiger partial charge in [-0.2, -0.15) is 4.31 Å². The number of halogens is 2. The highest BCUT2D eigenvalue weighted by molar-refractivity contribution is 7.89. The molecule has 0 spiro atoms. The average molecular weight is 360 g/mol. The molecule has 0 heterocycles. The molecule has 2 aromatic rings. The zero-order chi connectivity index (χ0) is 16.3. The van der Waals surface area contributed by atoms with Crippen LogP contribution >= 0.6 is 23.2 Å². The first-order chi connectivity index (χ1) is 10.4. The summed E-state index contributed by atoms with van der Waals surface area (Å²) in [5.74, 6) is 0.715. The molecule has 0 aliphatic heterocycles. The summed E-state index contributed by atoms with van der Waals surface area (Å²) in [5, 5.41) is 0.242. The van der Waals surface area contributed by atoms with Crippen molar-refractivity contribution in [2.75, 3.05) is 14.2 Å². The number of nitrogens with zero attached hydrogens (tertiary/aromatic N) is 1. The fraction of sp³-hybridized carbons (Fsp3) is 0.200. The number of benzene rings is 2. The summed E-state index contributed by atoms with van der Waals surface area (Å²) >= 11 is 11.9. The van der Waals surface area contributed by atoms with Crippen molar-refractivity contribution in [3.05, 3.63) is 58.1 Å². The molecule has 7 heteroatoms. The summed E-state index contributed by atoms with van der Waals surface area (Å²) < 4.78 is 31.5. The smallest absolute Gasteiger partial charge is 0.244 e. The van der Waals surface area contributed by atoms with Crippen LogP contribution in [0.5, 0.6) is 5.75 Å². The van der Waals surface area contributed by atoms with Gasteiger partial charge in [0.1, 0.15) is 10.6 Å². The Hall–Kier alpha value is -1.27. The lowest BCUT2D eigenvalue weighted by Gasteiger charge is -2.18. The lowest BCUT2D eigenvalue weighted by atomic mass is 10.2. The van der Waals surface area contributed by atoms with Crippen LogP contribution in [0.3, 0.4) is 0 Å². The van der Waals surface area contributed by atoms with Gasteiger partial charge in [-0.3, -0.25) is 0 Å². The van der Waals surface area contributed by atoms with Gasteiger partial charge in [-0.1, -0.05) is 41.4 Å². The van der Waals surface area contributed by atoms with Crippen molar-refractivity contribution in [1.29, 1.82) is 0 Å². The molecule has 118 valence electrons. The van der Waals surface area contributed by atoms with Crippen LogP contribution in [0.25, 0.3) is 0 Å². The van der Waals surface area contributed by atoms with Crippen molar-refractivity contribution >= 4 is 33.2 Å². The fourth-order valence-corrected chi connectivity index (χ4v) is 3.81. The highest BCUT2D eigenvalue weighted by atomic mass is 35.5. The van der Waals surface area contributed by atoms with Crippen LogP contribution in [0.15, 0.2) is 47.4 Å². The fourth-order valence-electron chi connectivity index (χ4n) is 1.92. The average Bonchev–Trinajstić information content (AvgIpc) is 2.50. The van der Waals surface area contributed by atoms with Crippen LogP contribution in [-0.4, -0.2) is 26.9 Å². The van der Waals surface area contributed by atoms with E-state index in [4.69, 9.17) is 27.9 Å². The van der Waals surface area contributed by atoms with Gasteiger partial charge in [-0.05, 0) is 29.8 Å². The van der Waals surface area contributed by atoms with Crippen LogP contribution in [0.2, 0.25) is 10.0 Å². The summed E-state index contributed by atoms with van der Waals surface area (Å²) in [6.07, 6.45) is 0. The Morgan fingerprint density at radius 3 is 2.32 bits per heavy atom. The quantitative estimate of drug-likeness (QED) is 0.814. The van der Waals surface area contributed by atoms with Gasteiger partial charge in [-0.15, -0.1) is 0 Å². The molecule has 0 atom stereocenters. The molecule has 2 aromatic carbocycles. The zero-order valence-electron chi connectivity index (χ0n) is 12.1. The van der Waals surface area contributed by atoms with Crippen molar-refractivity contribution in [3.63, 3.8) is 0 Å². The minimum absolute atomic E-state index is 0.00215. The second-order valence-corrected chi connectivity index (χ2v) is 7.46. The normalized spacial score (nSPS) is 11.7. The van der Waals surface area contributed by atoms with Gasteiger partial charge in [-0.25, -0.2) is 8.42 Å². The van der Waals surface area contributed by atoms with Gasteiger partial charge in [0.05, 0.1) is 17.2 Å². The van der Waals surface area contributed by atoms with Crippen molar-refractivity contribution in [1.82, 2.24) is 4.31 Å². The topological polar surface area (TPSA) is 46.6 Å². The Morgan fingerprint density at radius 2 is 1.73 bits per heavy atom. The van der Waals surface area contributed by atoms with E-state index < -0.39 is 10.0 Å². The van der Waals surface area contributed by atoms with E-state index in [2.05, 4.69) is 0 Å². The maximum Gasteiger partial charge on any atom is 0.244 e. The van der Waals surface area contributed by atoms with E-state index in [9.17, 15) is 8.42 Å². The summed E-state index contributed by atoms with van der Waals surface area (Å²) in [6, 6.07) is 11.7. The standard InChI is InChI=1S/C15H15Cl2NO3S/c1-18(10-11-6-8-12(21-2)9-7-11)22(19,20)14-5-3-4-13(16)15(14)17/h3-9H,10H2,1-2H3. The van der Waals surface area contributed by atoms with Crippen LogP contribution in [-0.2, 0) is 16.6 Å². The summed E-state index contributed by atoms with van der Waals surface area (Å²) in [7, 11) is -0.647. The Kier molecular flexibility index (Phi) is 5.34. The maximum atomic E-state index is 12.6. The molecule has 0 fully saturated rings. The van der Waals surface area contributed by atoms with Gasteiger partial charge < -0.3 is 4.74 Å². The van der Waals surface area contributed by atoms with E-state index in [1.54, 1.807) is 31.4 Å². The highest BCUT2D eigenvalue weighted by Crippen LogP contribution is 2.31. The van der Waals surface area contributed by atoms with Gasteiger partial charge in [0.2, 0.25) is 10.0 Å². The molecule has 0 amide bonds. The van der Waals surface area contributed by atoms with Gasteiger partial charge in [0.25, 0.3) is 0 Å². The third-order valence-corrected chi connectivity index (χ3v) is 5.95. The minimum atomic E-state index is -3.72. The molecule has 4 nitrogen and oxygen atoms in total. The van der Waals surface area contributed by atoms with Crippen molar-refractivity contribution in [3.8, 4) is 5.75 Å². The molecule has 0 aliphatic carbocycles. The SMILES string of the molecule is COc1ccc(CN(C)S(=O)(=O)c2cccc(Cl)c2Cl)cc1. The second kappa shape index (κ2) is 6.87. The van der Waals surface area contributed by atoms with Gasteiger partial charge in [0.15, 0.2) is 0 Å². The summed E-state index contributed by atoms with van der Waals surface area (Å²) in [4.78, 5) is -0.00215. The van der Waals surface area contributed by atoms with Crippen molar-refractivity contribution in [2.45, 2.75) is 11.4 Å². The predicted octanol–water partition coefficient (Wildman–Crippen LogP) is 3.82. The largest absolute Gasteiger partial charge is 0.497 e. The molecule has 0 aliphatic rings. The lowest BCUT2D eigenvalue weighted by Crippen LogP contribution is -2.26. The van der Waals surface area contributed by atoms with E-state index in [1.807, 2.05) is 12.1 Å². The molecule has 0 bridgehead atoms. The number of rotatable bonds is 5. The molecule has 22 heavy (non-hydrogen) atoms. The molecule has 2 rings (SSSR count). The van der Waals surface area contributed by atoms with Crippen LogP contribution < -0.4 is 4.74 Å². The van der Waals surface area contributed by atoms with Crippen LogP contribution in [0.4, 0.5) is 0 Å². The van der Waals surface area contributed by atoms with E-state index in [1.165, 1.54) is 17.4 Å². The maximum absolute atomic E-state index is 12.6. The number of hydrogen-bond donors (Lipinski definition) is 0. The molecular weight excluding hydrogens is 345 g/mol. The minimum Gasteiger partial charge on any atom is -0.497 e. The summed E-state index contributed by atoms with van der Waals surface area (Å²) in [5.41, 5.74) is 0.838. The molecule has 0 unspecified atom stereocenters. The van der Waals surface area contributed by atoms with Crippen LogP contribution in [0.1, 0.15) is 5.56 Å². The Labute approximate surface area is 140 Å². The predicted molar refractivity (Wildman–Crippen MR) is 88.1 cm³/mol. The van der Waals surface area contributed by atoms with Crippen molar-refractivity contribution in [2.24, 2.45) is 0 Å². The molecule has 0 saturated carbocycles. The van der Waals surface area contributed by atoms with Gasteiger partial charge >= 0.3 is 0 Å². The number of methoxy groups -OCH3 is 1. The van der Waals surface area contributed by atoms with Crippen molar-refractivity contribution < 1.29 is 13.2 Å². The third-order valence-electron chi connectivity index (χ3n) is 3.17. The zero-order valence-corrected chi connectivity index (χ0v) is 14.4. The van der Waals surface area contributed by atoms with Crippen LogP contribution in [0, 0.1) is 0 Å². The van der Waals surface area contributed by atoms with E-state index in [0.29, 0.717) is 5.75 Å². The Morgan fingerprint density at radius 1 is 1.09 bits per heavy atom. The third kappa shape index (κ3) is 3.55. The van der Waals surface area contributed by atoms with E-state index in [-0.39, 0.29) is 21.5 Å². The Balaban J connectivity index is 2.26. The highest BCUT2D eigenvalue weighted by Gasteiger charge is 2.24. The lowest BCUT2D eigenvalue weighted by molar-refractivity contribution is 0.414. The molecule has 0 radical (unpaired) electrons. The Bertz CT molecular complexity index is 761. The number of ether oxygens (including phenoxy) is 1. The molecule has 0 aromatic heterocycles. The van der Waals surface area contributed by atoms with E-state index >= 15 is 0 Å². The molecule has 0 saturated heterocycles. The molecular formula is C15H15Cl2NO3S. The van der Waals surface area contributed by atoms with E-state index in [0.717, 1.165) is 5.56 Å². The number of hydrogen-bond acceptors (Lipinski definition) is 3. The first-order valence-electron chi connectivity index (χ1n) is 6.39. The number of sulfonamides is 1. The van der Waals surface area contributed by atoms with Gasteiger partial charge in [0, 0.05) is 13.6 Å². The second-order valence-electron chi connectivity index (χ2n) is 4.66. The first kappa shape index (κ1) is 17.1. The summed E-state index contributed by atoms with van der Waals surface area (Å²) in [6.45, 7) is 0.217. The first-order valence-corrected chi connectivity index (χ1v) is 8.59. The molecule has 0 N–H and O–H groups in total.